The molecule has 1 aromatic rings. The summed E-state index contributed by atoms with van der Waals surface area (Å²) in [5, 5.41) is 3.65. The van der Waals surface area contributed by atoms with E-state index in [-0.39, 0.29) is 6.54 Å². The van der Waals surface area contributed by atoms with Crippen LogP contribution in [0.4, 0.5) is 0 Å². The van der Waals surface area contributed by atoms with Gasteiger partial charge in [0.1, 0.15) is 0 Å². The second-order valence-corrected chi connectivity index (χ2v) is 2.55. The van der Waals surface area contributed by atoms with Crippen molar-refractivity contribution in [3.63, 3.8) is 0 Å². The lowest BCUT2D eigenvalue weighted by Crippen LogP contribution is -2.18. The van der Waals surface area contributed by atoms with Crippen LogP contribution in [0.15, 0.2) is 10.6 Å². The van der Waals surface area contributed by atoms with Crippen LogP contribution in [0.25, 0.3) is 0 Å². The summed E-state index contributed by atoms with van der Waals surface area (Å²) >= 11 is 0. The summed E-state index contributed by atoms with van der Waals surface area (Å²) in [6.07, 6.45) is 0. The maximum atomic E-state index is 10.7. The van der Waals surface area contributed by atoms with E-state index in [4.69, 9.17) is 16.0 Å². The van der Waals surface area contributed by atoms with Gasteiger partial charge in [0.2, 0.25) is 5.91 Å². The predicted molar refractivity (Wildman–Crippen MR) is 42.0 cm³/mol. The average Bonchev–Trinajstić information content (AvgIpc) is 2.50. The van der Waals surface area contributed by atoms with Gasteiger partial charge >= 0.3 is 0 Å². The molecule has 0 spiro atoms. The molecule has 1 unspecified atom stereocenters. The smallest absolute Gasteiger partial charge is 0.226 e. The molecule has 1 amide bonds. The van der Waals surface area contributed by atoms with Crippen LogP contribution in [0.1, 0.15) is 24.3 Å². The van der Waals surface area contributed by atoms with Crippen molar-refractivity contribution in [2.75, 3.05) is 0 Å². The van der Waals surface area contributed by atoms with Crippen LogP contribution in [0, 0.1) is 0 Å². The Morgan fingerprint density at radius 3 is 2.92 bits per heavy atom. The van der Waals surface area contributed by atoms with Crippen LogP contribution >= 0.6 is 0 Å². The van der Waals surface area contributed by atoms with Gasteiger partial charge in [-0.1, -0.05) is 5.16 Å². The number of carbonyl (C=O) groups is 1. The number of primary amides is 1. The van der Waals surface area contributed by atoms with Gasteiger partial charge in [0, 0.05) is 6.07 Å². The van der Waals surface area contributed by atoms with E-state index in [0.717, 1.165) is 0 Å². The van der Waals surface area contributed by atoms with Crippen molar-refractivity contribution in [3.8, 4) is 0 Å². The lowest BCUT2D eigenvalue weighted by molar-refractivity contribution is -0.119. The quantitative estimate of drug-likeness (QED) is 0.650. The van der Waals surface area contributed by atoms with Gasteiger partial charge in [-0.15, -0.1) is 0 Å². The van der Waals surface area contributed by atoms with Gasteiger partial charge in [0.15, 0.2) is 5.76 Å². The molecule has 0 aliphatic rings. The highest BCUT2D eigenvalue weighted by Gasteiger charge is 2.15. The van der Waals surface area contributed by atoms with E-state index in [2.05, 4.69) is 5.16 Å². The zero-order valence-electron chi connectivity index (χ0n) is 6.78. The van der Waals surface area contributed by atoms with E-state index < -0.39 is 11.8 Å². The number of hydrogen-bond donors (Lipinski definition) is 2. The number of amides is 1. The fourth-order valence-electron chi connectivity index (χ4n) is 0.775. The second-order valence-electron chi connectivity index (χ2n) is 2.55. The van der Waals surface area contributed by atoms with Gasteiger partial charge in [0.05, 0.1) is 18.2 Å². The molecule has 0 radical (unpaired) electrons. The number of aromatic nitrogens is 1. The molecule has 5 nitrogen and oxygen atoms in total. The van der Waals surface area contributed by atoms with Crippen LogP contribution in [0.3, 0.4) is 0 Å². The highest BCUT2D eigenvalue weighted by Crippen LogP contribution is 2.13. The summed E-state index contributed by atoms with van der Waals surface area (Å²) in [5.74, 6) is -0.293. The molecule has 12 heavy (non-hydrogen) atoms. The van der Waals surface area contributed by atoms with Crippen molar-refractivity contribution in [2.45, 2.75) is 19.4 Å². The monoisotopic (exact) mass is 169 g/mol. The third kappa shape index (κ3) is 1.62. The molecule has 5 heteroatoms. The molecule has 0 aromatic carbocycles. The number of carbonyl (C=O) groups excluding carboxylic acids is 1. The molecule has 0 fully saturated rings. The summed E-state index contributed by atoms with van der Waals surface area (Å²) in [6, 6.07) is 1.63. The predicted octanol–water partition coefficient (Wildman–Crippen LogP) is -0.278. The number of nitrogens with two attached hydrogens (primary N) is 2. The minimum absolute atomic E-state index is 0.276. The SMILES string of the molecule is CC(C(N)=O)c1cc(CN)on1. The normalized spacial score (nSPS) is 12.8. The topological polar surface area (TPSA) is 95.1 Å². The van der Waals surface area contributed by atoms with E-state index in [0.29, 0.717) is 11.5 Å². The Balaban J connectivity index is 2.81. The van der Waals surface area contributed by atoms with Gasteiger partial charge in [-0.2, -0.15) is 0 Å². The van der Waals surface area contributed by atoms with Crippen molar-refractivity contribution >= 4 is 5.91 Å². The third-order valence-electron chi connectivity index (χ3n) is 1.65. The molecule has 1 heterocycles. The van der Waals surface area contributed by atoms with Gasteiger partial charge in [0.25, 0.3) is 0 Å². The Bertz CT molecular complexity index is 282. The first-order chi connectivity index (χ1) is 5.65. The summed E-state index contributed by atoms with van der Waals surface area (Å²) in [5.41, 5.74) is 10.9. The van der Waals surface area contributed by atoms with Crippen LogP contribution in [0.2, 0.25) is 0 Å². The molecular formula is C7H11N3O2. The first-order valence-electron chi connectivity index (χ1n) is 3.60. The maximum absolute atomic E-state index is 10.7. The molecule has 1 atom stereocenters. The highest BCUT2D eigenvalue weighted by atomic mass is 16.5. The summed E-state index contributed by atoms with van der Waals surface area (Å²) in [6.45, 7) is 1.94. The van der Waals surface area contributed by atoms with Gasteiger partial charge in [-0.05, 0) is 6.92 Å². The first-order valence-corrected chi connectivity index (χ1v) is 3.60. The number of nitrogens with zero attached hydrogens (tertiary/aromatic N) is 1. The van der Waals surface area contributed by atoms with Crippen molar-refractivity contribution in [1.29, 1.82) is 0 Å². The minimum atomic E-state index is -0.424. The molecule has 0 saturated carbocycles. The molecule has 0 bridgehead atoms. The molecule has 0 aliphatic heterocycles. The van der Waals surface area contributed by atoms with Crippen molar-refractivity contribution in [1.82, 2.24) is 5.16 Å². The van der Waals surface area contributed by atoms with E-state index in [9.17, 15) is 4.79 Å². The maximum Gasteiger partial charge on any atom is 0.226 e. The van der Waals surface area contributed by atoms with Crippen molar-refractivity contribution < 1.29 is 9.32 Å². The first kappa shape index (κ1) is 8.73. The van der Waals surface area contributed by atoms with E-state index in [1.165, 1.54) is 0 Å². The molecule has 4 N–H and O–H groups in total. The lowest BCUT2D eigenvalue weighted by atomic mass is 10.1. The number of rotatable bonds is 3. The Labute approximate surface area is 69.7 Å². The zero-order chi connectivity index (χ0) is 9.14. The molecule has 0 saturated heterocycles. The molecule has 1 aromatic heterocycles. The Kier molecular flexibility index (Phi) is 2.44. The summed E-state index contributed by atoms with van der Waals surface area (Å²) in [7, 11) is 0. The van der Waals surface area contributed by atoms with Crippen LogP contribution in [-0.4, -0.2) is 11.1 Å². The van der Waals surface area contributed by atoms with Gasteiger partial charge in [-0.3, -0.25) is 4.79 Å². The lowest BCUT2D eigenvalue weighted by Gasteiger charge is -1.98. The molecular weight excluding hydrogens is 158 g/mol. The van der Waals surface area contributed by atoms with Gasteiger partial charge in [-0.25, -0.2) is 0 Å². The van der Waals surface area contributed by atoms with Crippen molar-refractivity contribution in [3.05, 3.63) is 17.5 Å². The average molecular weight is 169 g/mol. The standard InChI is InChI=1S/C7H11N3O2/c1-4(7(9)11)6-2-5(3-8)12-10-6/h2,4H,3,8H2,1H3,(H2,9,11). The Morgan fingerprint density at radius 2 is 2.50 bits per heavy atom. The van der Waals surface area contributed by atoms with E-state index >= 15 is 0 Å². The number of hydrogen-bond acceptors (Lipinski definition) is 4. The fourth-order valence-corrected chi connectivity index (χ4v) is 0.775. The molecule has 1 rings (SSSR count). The Morgan fingerprint density at radius 1 is 1.83 bits per heavy atom. The summed E-state index contributed by atoms with van der Waals surface area (Å²) < 4.78 is 4.80. The highest BCUT2D eigenvalue weighted by molar-refractivity contribution is 5.80. The van der Waals surface area contributed by atoms with E-state index in [1.807, 2.05) is 0 Å². The molecule has 0 aliphatic carbocycles. The van der Waals surface area contributed by atoms with Crippen LogP contribution in [0.5, 0.6) is 0 Å². The van der Waals surface area contributed by atoms with Crippen LogP contribution < -0.4 is 11.5 Å². The van der Waals surface area contributed by atoms with Crippen molar-refractivity contribution in [2.24, 2.45) is 11.5 Å². The zero-order valence-corrected chi connectivity index (χ0v) is 6.78. The Hall–Kier alpha value is -1.36. The second kappa shape index (κ2) is 3.36. The third-order valence-corrected chi connectivity index (χ3v) is 1.65. The minimum Gasteiger partial charge on any atom is -0.369 e. The largest absolute Gasteiger partial charge is 0.369 e. The van der Waals surface area contributed by atoms with Crippen LogP contribution in [-0.2, 0) is 11.3 Å². The molecule has 66 valence electrons. The van der Waals surface area contributed by atoms with Gasteiger partial charge < -0.3 is 16.0 Å². The van der Waals surface area contributed by atoms with E-state index in [1.54, 1.807) is 13.0 Å². The fraction of sp³-hybridized carbons (Fsp3) is 0.429. The summed E-state index contributed by atoms with van der Waals surface area (Å²) in [4.78, 5) is 10.7.